The number of hydrogen-bond donors (Lipinski definition) is 1. The maximum Gasteiger partial charge on any atom is 0.386 e. The molecule has 0 spiro atoms. The third-order valence-electron chi connectivity index (χ3n) is 2.90. The van der Waals surface area contributed by atoms with Gasteiger partial charge in [-0.25, -0.2) is 4.79 Å². The van der Waals surface area contributed by atoms with Crippen molar-refractivity contribution in [2.75, 3.05) is 19.4 Å². The maximum atomic E-state index is 11.2. The van der Waals surface area contributed by atoms with Crippen molar-refractivity contribution in [1.29, 1.82) is 0 Å². The Balaban J connectivity index is 2.79. The van der Waals surface area contributed by atoms with Gasteiger partial charge in [-0.3, -0.25) is 0 Å². The van der Waals surface area contributed by atoms with Crippen LogP contribution in [0.3, 0.4) is 0 Å². The van der Waals surface area contributed by atoms with E-state index < -0.39 is 20.6 Å². The van der Waals surface area contributed by atoms with Crippen LogP contribution >= 0.6 is 0 Å². The minimum absolute atomic E-state index is 0.234. The fourth-order valence-corrected chi connectivity index (χ4v) is 4.46. The second-order valence-corrected chi connectivity index (χ2v) is 7.59. The molecule has 0 amide bonds. The van der Waals surface area contributed by atoms with Crippen LogP contribution in [0.5, 0.6) is 0 Å². The monoisotopic (exact) mass is 309 g/mol. The molecule has 0 aromatic heterocycles. The van der Waals surface area contributed by atoms with E-state index in [1.807, 2.05) is 37.3 Å². The smallest absolute Gasteiger partial charge is 0.386 e. The SMILES string of the molecule is C=CC(=O)OC(C)CO[Si](CN)(OCC)c1ccccc1. The van der Waals surface area contributed by atoms with Crippen molar-refractivity contribution in [3.05, 3.63) is 43.0 Å². The summed E-state index contributed by atoms with van der Waals surface area (Å²) in [4.78, 5) is 11.2. The molecule has 0 bridgehead atoms. The van der Waals surface area contributed by atoms with Gasteiger partial charge >= 0.3 is 14.5 Å². The summed E-state index contributed by atoms with van der Waals surface area (Å²) in [5.41, 5.74) is 5.93. The van der Waals surface area contributed by atoms with Gasteiger partial charge in [0.15, 0.2) is 0 Å². The second-order valence-electron chi connectivity index (χ2n) is 4.52. The van der Waals surface area contributed by atoms with E-state index in [1.54, 1.807) is 6.92 Å². The topological polar surface area (TPSA) is 70.8 Å². The van der Waals surface area contributed by atoms with Crippen molar-refractivity contribution in [2.24, 2.45) is 5.73 Å². The third-order valence-corrected chi connectivity index (χ3v) is 6.03. The number of rotatable bonds is 9. The van der Waals surface area contributed by atoms with E-state index in [9.17, 15) is 4.79 Å². The summed E-state index contributed by atoms with van der Waals surface area (Å²) in [5, 5.41) is 0.969. The van der Waals surface area contributed by atoms with Crippen LogP contribution in [0.2, 0.25) is 0 Å². The molecule has 0 fully saturated rings. The van der Waals surface area contributed by atoms with Crippen LogP contribution in [0.4, 0.5) is 0 Å². The Morgan fingerprint density at radius 1 is 1.38 bits per heavy atom. The molecule has 2 atom stereocenters. The summed E-state index contributed by atoms with van der Waals surface area (Å²) >= 11 is 0. The molecule has 1 aromatic carbocycles. The van der Waals surface area contributed by atoms with Crippen LogP contribution in [0.25, 0.3) is 0 Å². The summed E-state index contributed by atoms with van der Waals surface area (Å²) < 4.78 is 17.0. The quantitative estimate of drug-likeness (QED) is 0.419. The summed E-state index contributed by atoms with van der Waals surface area (Å²) in [7, 11) is -2.71. The molecule has 6 heteroatoms. The van der Waals surface area contributed by atoms with Crippen molar-refractivity contribution in [2.45, 2.75) is 20.0 Å². The van der Waals surface area contributed by atoms with Crippen LogP contribution < -0.4 is 10.9 Å². The lowest BCUT2D eigenvalue weighted by atomic mass is 10.4. The Morgan fingerprint density at radius 3 is 2.57 bits per heavy atom. The Labute approximate surface area is 126 Å². The van der Waals surface area contributed by atoms with Crippen LogP contribution in [0, 0.1) is 0 Å². The minimum atomic E-state index is -2.71. The van der Waals surface area contributed by atoms with E-state index in [0.29, 0.717) is 12.8 Å². The van der Waals surface area contributed by atoms with Gasteiger partial charge < -0.3 is 19.3 Å². The summed E-state index contributed by atoms with van der Waals surface area (Å²) in [6.45, 7) is 7.78. The predicted octanol–water partition coefficient (Wildman–Crippen LogP) is 1.00. The molecule has 0 aliphatic carbocycles. The zero-order valence-electron chi connectivity index (χ0n) is 12.6. The normalized spacial score (nSPS) is 15.0. The van der Waals surface area contributed by atoms with E-state index in [4.69, 9.17) is 19.3 Å². The zero-order valence-corrected chi connectivity index (χ0v) is 13.6. The summed E-state index contributed by atoms with van der Waals surface area (Å²) in [5.74, 6) is -0.470. The first-order valence-corrected chi connectivity index (χ1v) is 8.97. The van der Waals surface area contributed by atoms with Crippen molar-refractivity contribution >= 4 is 19.7 Å². The second kappa shape index (κ2) is 8.73. The van der Waals surface area contributed by atoms with Gasteiger partial charge in [0.2, 0.25) is 0 Å². The fraction of sp³-hybridized carbons (Fsp3) is 0.400. The molecule has 21 heavy (non-hydrogen) atoms. The van der Waals surface area contributed by atoms with Gasteiger partial charge in [-0.05, 0) is 19.0 Å². The lowest BCUT2D eigenvalue weighted by Gasteiger charge is -2.30. The Morgan fingerprint density at radius 2 is 2.05 bits per heavy atom. The van der Waals surface area contributed by atoms with Gasteiger partial charge in [0, 0.05) is 18.9 Å². The van der Waals surface area contributed by atoms with Gasteiger partial charge in [-0.2, -0.15) is 0 Å². The van der Waals surface area contributed by atoms with E-state index in [0.717, 1.165) is 11.3 Å². The number of carbonyl (C=O) groups excluding carboxylic acids is 1. The summed E-state index contributed by atoms with van der Waals surface area (Å²) in [6.07, 6.45) is 1.04. The van der Waals surface area contributed by atoms with E-state index in [2.05, 4.69) is 6.58 Å². The molecule has 0 saturated carbocycles. The highest BCUT2D eigenvalue weighted by molar-refractivity contribution is 6.81. The highest BCUT2D eigenvalue weighted by Crippen LogP contribution is 2.09. The van der Waals surface area contributed by atoms with Crippen molar-refractivity contribution < 1.29 is 18.4 Å². The lowest BCUT2D eigenvalue weighted by Crippen LogP contribution is -2.60. The maximum absolute atomic E-state index is 11.2. The minimum Gasteiger partial charge on any atom is -0.457 e. The van der Waals surface area contributed by atoms with Gasteiger partial charge in [-0.1, -0.05) is 36.9 Å². The van der Waals surface area contributed by atoms with Gasteiger partial charge in [0.05, 0.1) is 6.61 Å². The highest BCUT2D eigenvalue weighted by Gasteiger charge is 2.39. The molecule has 1 aromatic rings. The predicted molar refractivity (Wildman–Crippen MR) is 84.2 cm³/mol. The zero-order chi connectivity index (χ0) is 15.7. The molecule has 1 rings (SSSR count). The molecule has 116 valence electrons. The fourth-order valence-electron chi connectivity index (χ4n) is 1.90. The molecule has 2 N–H and O–H groups in total. The van der Waals surface area contributed by atoms with E-state index in [-0.39, 0.29) is 6.61 Å². The van der Waals surface area contributed by atoms with Crippen LogP contribution in [0.15, 0.2) is 43.0 Å². The number of hydrogen-bond acceptors (Lipinski definition) is 5. The van der Waals surface area contributed by atoms with Crippen LogP contribution in [0.1, 0.15) is 13.8 Å². The molecule has 0 saturated heterocycles. The molecule has 0 aliphatic heterocycles. The molecule has 0 radical (unpaired) electrons. The molecular formula is C15H23NO4Si. The van der Waals surface area contributed by atoms with Crippen LogP contribution in [-0.2, 0) is 18.4 Å². The van der Waals surface area contributed by atoms with Crippen molar-refractivity contribution in [1.82, 2.24) is 0 Å². The number of esters is 1. The third kappa shape index (κ3) is 5.09. The number of ether oxygens (including phenoxy) is 1. The van der Waals surface area contributed by atoms with Gasteiger partial charge in [0.1, 0.15) is 6.10 Å². The highest BCUT2D eigenvalue weighted by atomic mass is 28.4. The largest absolute Gasteiger partial charge is 0.457 e. The van der Waals surface area contributed by atoms with E-state index in [1.165, 1.54) is 0 Å². The Kier molecular flexibility index (Phi) is 7.31. The first-order chi connectivity index (χ1) is 10.1. The van der Waals surface area contributed by atoms with Gasteiger partial charge in [0.25, 0.3) is 0 Å². The van der Waals surface area contributed by atoms with Gasteiger partial charge in [-0.15, -0.1) is 0 Å². The van der Waals surface area contributed by atoms with Crippen LogP contribution in [-0.4, -0.2) is 40.0 Å². The van der Waals surface area contributed by atoms with E-state index >= 15 is 0 Å². The number of carbonyl (C=O) groups is 1. The van der Waals surface area contributed by atoms with Crippen molar-refractivity contribution in [3.8, 4) is 0 Å². The average Bonchev–Trinajstić information content (AvgIpc) is 2.52. The molecule has 5 nitrogen and oxygen atoms in total. The van der Waals surface area contributed by atoms with Crippen molar-refractivity contribution in [3.63, 3.8) is 0 Å². The molecule has 0 aliphatic rings. The first kappa shape index (κ1) is 17.6. The average molecular weight is 309 g/mol. The standard InChI is InChI=1S/C15H23NO4Si/c1-4-15(17)20-13(3)11-19-21(12-16,18-5-2)14-9-7-6-8-10-14/h4,6-10,13H,1,5,11-12,16H2,2-3H3. The lowest BCUT2D eigenvalue weighted by molar-refractivity contribution is -0.143. The number of benzene rings is 1. The first-order valence-electron chi connectivity index (χ1n) is 6.94. The number of nitrogens with two attached hydrogens (primary N) is 1. The Hall–Kier alpha value is -1.47. The molecule has 0 heterocycles. The summed E-state index contributed by atoms with van der Waals surface area (Å²) in [6, 6.07) is 9.69. The Bertz CT molecular complexity index is 454. The molecular weight excluding hydrogens is 286 g/mol. The molecule has 2 unspecified atom stereocenters.